The van der Waals surface area contributed by atoms with Crippen LogP contribution in [0.5, 0.6) is 0 Å². The second-order valence-electron chi connectivity index (χ2n) is 13.9. The highest BCUT2D eigenvalue weighted by Gasteiger charge is 2.71. The summed E-state index contributed by atoms with van der Waals surface area (Å²) in [6, 6.07) is 6.41. The van der Waals surface area contributed by atoms with Crippen LogP contribution in [-0.4, -0.2) is 35.4 Å². The lowest BCUT2D eigenvalue weighted by atomic mass is 9.39. The van der Waals surface area contributed by atoms with E-state index in [4.69, 9.17) is 17.0 Å². The first-order chi connectivity index (χ1) is 17.9. The second-order valence-corrected chi connectivity index (χ2v) is 14.3. The fourth-order valence-electron chi connectivity index (χ4n) is 10.4. The maximum absolute atomic E-state index is 13.3. The maximum Gasteiger partial charge on any atom is 0.312 e. The van der Waals surface area contributed by atoms with Gasteiger partial charge < -0.3 is 20.5 Å². The van der Waals surface area contributed by atoms with E-state index in [9.17, 15) is 9.90 Å². The Morgan fingerprint density at radius 3 is 2.42 bits per heavy atom. The van der Waals surface area contributed by atoms with Crippen LogP contribution < -0.4 is 10.6 Å². The number of rotatable bonds is 5. The number of aryl methyl sites for hydroxylation is 2. The van der Waals surface area contributed by atoms with Crippen molar-refractivity contribution >= 4 is 29.0 Å². The minimum absolute atomic E-state index is 0.000109. The zero-order valence-corrected chi connectivity index (χ0v) is 25.1. The molecule has 0 heterocycles. The fourth-order valence-corrected chi connectivity index (χ4v) is 10.7. The predicted molar refractivity (Wildman–Crippen MR) is 157 cm³/mol. The van der Waals surface area contributed by atoms with E-state index in [2.05, 4.69) is 63.5 Å². The molecule has 0 aromatic heterocycles. The molecule has 0 amide bonds. The van der Waals surface area contributed by atoms with Crippen molar-refractivity contribution in [2.75, 3.05) is 18.5 Å². The lowest BCUT2D eigenvalue weighted by Crippen LogP contribution is -2.60. The van der Waals surface area contributed by atoms with Gasteiger partial charge >= 0.3 is 5.97 Å². The van der Waals surface area contributed by atoms with Crippen LogP contribution in [0.4, 0.5) is 5.69 Å². The normalized spacial score (nSPS) is 41.6. The number of hydrogen-bond acceptors (Lipinski definition) is 4. The van der Waals surface area contributed by atoms with Gasteiger partial charge in [-0.05, 0) is 124 Å². The minimum Gasteiger partial charge on any atom is -0.466 e. The van der Waals surface area contributed by atoms with Gasteiger partial charge in [0, 0.05) is 24.3 Å². The third-order valence-corrected chi connectivity index (χ3v) is 12.2. The lowest BCUT2D eigenvalue weighted by molar-refractivity contribution is -0.193. The van der Waals surface area contributed by atoms with Crippen LogP contribution in [-0.2, 0) is 9.53 Å². The van der Waals surface area contributed by atoms with Crippen molar-refractivity contribution in [3.63, 3.8) is 0 Å². The molecular weight excluding hydrogens is 492 g/mol. The van der Waals surface area contributed by atoms with Crippen molar-refractivity contribution in [1.82, 2.24) is 5.32 Å². The number of nitrogens with one attached hydrogen (secondary N) is 2. The summed E-state index contributed by atoms with van der Waals surface area (Å²) in [5.41, 5.74) is 3.25. The average molecular weight is 541 g/mol. The SMILES string of the molecule is CCOC(=O)[C@]1(C)CCC[C@@]2(C)[C@@H]3CC[C@@]4(C)C[C@]3(CC[C@@H]21)[C@H](CO)[C@H]4NC(=S)Nc1c(C)cccc1C. The number of anilines is 1. The van der Waals surface area contributed by atoms with Gasteiger partial charge in [-0.1, -0.05) is 38.5 Å². The van der Waals surface area contributed by atoms with Gasteiger partial charge in [-0.3, -0.25) is 4.79 Å². The number of fused-ring (bicyclic) bond motifs is 3. The predicted octanol–water partition coefficient (Wildman–Crippen LogP) is 6.54. The summed E-state index contributed by atoms with van der Waals surface area (Å²) < 4.78 is 5.65. The largest absolute Gasteiger partial charge is 0.466 e. The number of thiocarbonyl (C=S) groups is 1. The monoisotopic (exact) mass is 540 g/mol. The van der Waals surface area contributed by atoms with Crippen molar-refractivity contribution in [1.29, 1.82) is 0 Å². The molecule has 0 saturated heterocycles. The molecular formula is C32H48N2O3S. The van der Waals surface area contributed by atoms with E-state index in [1.54, 1.807) is 0 Å². The quantitative estimate of drug-likeness (QED) is 0.291. The van der Waals surface area contributed by atoms with E-state index < -0.39 is 5.41 Å². The van der Waals surface area contributed by atoms with Crippen LogP contribution >= 0.6 is 12.2 Å². The number of para-hydroxylation sites is 1. The van der Waals surface area contributed by atoms with Crippen LogP contribution in [0, 0.1) is 53.3 Å². The van der Waals surface area contributed by atoms with Gasteiger partial charge in [0.15, 0.2) is 5.11 Å². The fraction of sp³-hybridized carbons (Fsp3) is 0.750. The molecule has 1 aromatic rings. The standard InChI is InChI=1S/C32H48N2O3S/c1-7-37-27(36)31(6)15-9-14-30(5)23(31)13-17-32-19-29(4,16-12-24(30)32)26(22(32)18-35)34-28(38)33-25-20(2)10-8-11-21(25)3/h8,10-11,22-24,26,35H,7,9,12-19H2,1-6H3,(H2,33,34,38)/t22-,23+,24+,26-,29+,30-,31-,32-/m1/s1. The molecule has 5 nitrogen and oxygen atoms in total. The molecule has 4 aliphatic carbocycles. The molecule has 0 aliphatic heterocycles. The van der Waals surface area contributed by atoms with Crippen molar-refractivity contribution in [2.45, 2.75) is 99.0 Å². The highest BCUT2D eigenvalue weighted by Crippen LogP contribution is 2.75. The molecule has 4 fully saturated rings. The molecule has 1 aromatic carbocycles. The smallest absolute Gasteiger partial charge is 0.312 e. The number of aliphatic hydroxyl groups is 1. The van der Waals surface area contributed by atoms with Crippen LogP contribution in [0.15, 0.2) is 18.2 Å². The average Bonchev–Trinajstić information content (AvgIpc) is 3.02. The lowest BCUT2D eigenvalue weighted by Gasteiger charge is -2.65. The van der Waals surface area contributed by atoms with Gasteiger partial charge in [0.25, 0.3) is 0 Å². The summed E-state index contributed by atoms with van der Waals surface area (Å²) in [6.07, 6.45) is 8.68. The van der Waals surface area contributed by atoms with Crippen LogP contribution in [0.3, 0.4) is 0 Å². The summed E-state index contributed by atoms with van der Waals surface area (Å²) in [6.45, 7) is 13.8. The minimum atomic E-state index is -0.409. The molecule has 38 heavy (non-hydrogen) atoms. The van der Waals surface area contributed by atoms with Crippen molar-refractivity contribution in [3.05, 3.63) is 29.3 Å². The van der Waals surface area contributed by atoms with Gasteiger partial charge in [-0.2, -0.15) is 0 Å². The van der Waals surface area contributed by atoms with Crippen LogP contribution in [0.25, 0.3) is 0 Å². The van der Waals surface area contributed by atoms with Gasteiger partial charge in [0.2, 0.25) is 0 Å². The molecule has 6 heteroatoms. The number of aliphatic hydroxyl groups excluding tert-OH is 1. The number of carbonyl (C=O) groups excluding carboxylic acids is 1. The summed E-state index contributed by atoms with van der Waals surface area (Å²) in [5.74, 6) is 0.979. The molecule has 5 rings (SSSR count). The number of carbonyl (C=O) groups is 1. The van der Waals surface area contributed by atoms with E-state index in [1.165, 1.54) is 17.5 Å². The molecule has 4 saturated carbocycles. The summed E-state index contributed by atoms with van der Waals surface area (Å²) >= 11 is 5.89. The number of hydrogen-bond donors (Lipinski definition) is 3. The first-order valence-electron chi connectivity index (χ1n) is 14.9. The topological polar surface area (TPSA) is 70.6 Å². The Bertz CT molecular complexity index is 1090. The Balaban J connectivity index is 1.44. The Morgan fingerprint density at radius 1 is 1.08 bits per heavy atom. The van der Waals surface area contributed by atoms with Crippen molar-refractivity contribution in [2.24, 2.45) is 39.4 Å². The zero-order chi connectivity index (χ0) is 27.5. The Hall–Kier alpha value is -1.66. The van der Waals surface area contributed by atoms with Crippen LogP contribution in [0.1, 0.15) is 90.2 Å². The Kier molecular flexibility index (Phi) is 7.16. The molecule has 4 aliphatic rings. The molecule has 1 spiro atoms. The maximum atomic E-state index is 13.3. The highest BCUT2D eigenvalue weighted by molar-refractivity contribution is 7.80. The van der Waals surface area contributed by atoms with E-state index in [-0.39, 0.29) is 40.8 Å². The van der Waals surface area contributed by atoms with E-state index >= 15 is 0 Å². The van der Waals surface area contributed by atoms with Gasteiger partial charge in [-0.15, -0.1) is 0 Å². The van der Waals surface area contributed by atoms with E-state index in [0.29, 0.717) is 23.6 Å². The van der Waals surface area contributed by atoms with Gasteiger partial charge in [0.05, 0.1) is 12.0 Å². The summed E-state index contributed by atoms with van der Waals surface area (Å²) in [7, 11) is 0. The summed E-state index contributed by atoms with van der Waals surface area (Å²) in [5, 5.41) is 18.9. The number of esters is 1. The molecule has 0 unspecified atom stereocenters. The summed E-state index contributed by atoms with van der Waals surface area (Å²) in [4.78, 5) is 13.3. The zero-order valence-electron chi connectivity index (χ0n) is 24.3. The van der Waals surface area contributed by atoms with E-state index in [0.717, 1.165) is 50.6 Å². The van der Waals surface area contributed by atoms with Gasteiger partial charge in [-0.25, -0.2) is 0 Å². The number of ether oxygens (including phenoxy) is 1. The van der Waals surface area contributed by atoms with E-state index in [1.807, 2.05) is 6.92 Å². The Labute approximate surface area is 234 Å². The third kappa shape index (κ3) is 4.03. The second kappa shape index (κ2) is 9.76. The molecule has 8 atom stereocenters. The first-order valence-corrected chi connectivity index (χ1v) is 15.3. The van der Waals surface area contributed by atoms with Crippen LogP contribution in [0.2, 0.25) is 0 Å². The molecule has 0 radical (unpaired) electrons. The molecule has 2 bridgehead atoms. The highest BCUT2D eigenvalue weighted by atomic mass is 32.1. The first kappa shape index (κ1) is 27.9. The Morgan fingerprint density at radius 2 is 1.76 bits per heavy atom. The molecule has 3 N–H and O–H groups in total. The van der Waals surface area contributed by atoms with Crippen molar-refractivity contribution < 1.29 is 14.6 Å². The number of benzene rings is 1. The van der Waals surface area contributed by atoms with Gasteiger partial charge in [0.1, 0.15) is 0 Å². The molecule has 210 valence electrons. The van der Waals surface area contributed by atoms with Crippen molar-refractivity contribution in [3.8, 4) is 0 Å². The third-order valence-electron chi connectivity index (χ3n) is 11.9.